The molecule has 0 unspecified atom stereocenters. The number of carbonyl (C=O) groups is 2. The van der Waals surface area contributed by atoms with E-state index in [1.54, 1.807) is 11.4 Å². The number of rotatable bonds is 5. The van der Waals surface area contributed by atoms with Gasteiger partial charge in [-0.1, -0.05) is 30.3 Å². The van der Waals surface area contributed by atoms with Gasteiger partial charge in [0.25, 0.3) is 0 Å². The topological polar surface area (TPSA) is 66.4 Å². The Morgan fingerprint density at radius 3 is 2.58 bits per heavy atom. The average Bonchev–Trinajstić information content (AvgIpc) is 2.86. The number of thiophene rings is 1. The highest BCUT2D eigenvalue weighted by Crippen LogP contribution is 2.22. The van der Waals surface area contributed by atoms with Gasteiger partial charge in [0.15, 0.2) is 0 Å². The van der Waals surface area contributed by atoms with Crippen LogP contribution >= 0.6 is 11.3 Å². The third-order valence-corrected chi connectivity index (χ3v) is 3.52. The molecule has 0 aliphatic heterocycles. The maximum absolute atomic E-state index is 11.8. The van der Waals surface area contributed by atoms with E-state index in [0.29, 0.717) is 18.5 Å². The van der Waals surface area contributed by atoms with Gasteiger partial charge in [-0.25, -0.2) is 4.79 Å². The molecule has 98 valence electrons. The van der Waals surface area contributed by atoms with E-state index in [-0.39, 0.29) is 10.8 Å². The number of carbonyl (C=O) groups excluding carboxylic acids is 1. The molecule has 1 amide bonds. The van der Waals surface area contributed by atoms with E-state index in [9.17, 15) is 9.59 Å². The molecule has 0 spiro atoms. The summed E-state index contributed by atoms with van der Waals surface area (Å²) in [6.07, 6.45) is 0.970. The first-order valence-corrected chi connectivity index (χ1v) is 6.69. The lowest BCUT2D eigenvalue weighted by molar-refractivity contribution is -0.116. The Kier molecular flexibility index (Phi) is 4.30. The molecular weight excluding hydrogens is 262 g/mol. The highest BCUT2D eigenvalue weighted by Gasteiger charge is 2.13. The van der Waals surface area contributed by atoms with Crippen LogP contribution in [0.15, 0.2) is 41.8 Å². The zero-order valence-corrected chi connectivity index (χ0v) is 10.9. The van der Waals surface area contributed by atoms with Crippen LogP contribution < -0.4 is 5.32 Å². The normalized spacial score (nSPS) is 10.1. The number of hydrogen-bond donors (Lipinski definition) is 2. The third kappa shape index (κ3) is 3.66. The summed E-state index contributed by atoms with van der Waals surface area (Å²) in [7, 11) is 0. The number of hydrogen-bond acceptors (Lipinski definition) is 3. The van der Waals surface area contributed by atoms with Gasteiger partial charge < -0.3 is 10.4 Å². The lowest BCUT2D eigenvalue weighted by Crippen LogP contribution is -2.13. The van der Waals surface area contributed by atoms with E-state index in [1.807, 2.05) is 30.3 Å². The summed E-state index contributed by atoms with van der Waals surface area (Å²) in [6.45, 7) is 0. The van der Waals surface area contributed by atoms with Gasteiger partial charge in [0.05, 0.1) is 5.69 Å². The second kappa shape index (κ2) is 6.15. The number of amides is 1. The van der Waals surface area contributed by atoms with Crippen molar-refractivity contribution < 1.29 is 14.7 Å². The number of carboxylic acid groups (broad SMARTS) is 1. The average molecular weight is 275 g/mol. The van der Waals surface area contributed by atoms with E-state index < -0.39 is 5.97 Å². The Balaban J connectivity index is 1.91. The molecule has 0 saturated carbocycles. The number of carboxylic acids is 1. The summed E-state index contributed by atoms with van der Waals surface area (Å²) >= 11 is 1.10. The number of anilines is 1. The van der Waals surface area contributed by atoms with Crippen molar-refractivity contribution in [3.8, 4) is 0 Å². The molecule has 0 fully saturated rings. The molecule has 2 rings (SSSR count). The van der Waals surface area contributed by atoms with Crippen LogP contribution in [0.3, 0.4) is 0 Å². The van der Waals surface area contributed by atoms with Gasteiger partial charge >= 0.3 is 5.97 Å². The van der Waals surface area contributed by atoms with Gasteiger partial charge in [-0.05, 0) is 23.4 Å². The Bertz CT molecular complexity index is 577. The first kappa shape index (κ1) is 13.3. The Labute approximate surface area is 114 Å². The molecule has 0 saturated heterocycles. The molecule has 1 aromatic heterocycles. The molecule has 0 atom stereocenters. The van der Waals surface area contributed by atoms with Crippen LogP contribution in [0.1, 0.15) is 21.7 Å². The fraction of sp³-hybridized carbons (Fsp3) is 0.143. The molecule has 19 heavy (non-hydrogen) atoms. The minimum Gasteiger partial charge on any atom is -0.477 e. The second-order valence-corrected chi connectivity index (χ2v) is 4.92. The first-order valence-electron chi connectivity index (χ1n) is 5.81. The van der Waals surface area contributed by atoms with Gasteiger partial charge in [-0.2, -0.15) is 0 Å². The minimum absolute atomic E-state index is 0.160. The number of aryl methyl sites for hydroxylation is 1. The minimum atomic E-state index is -1.02. The van der Waals surface area contributed by atoms with Crippen molar-refractivity contribution in [1.82, 2.24) is 0 Å². The van der Waals surface area contributed by atoms with Crippen molar-refractivity contribution in [3.05, 3.63) is 52.2 Å². The summed E-state index contributed by atoms with van der Waals surface area (Å²) in [4.78, 5) is 22.8. The molecule has 2 N–H and O–H groups in total. The Morgan fingerprint density at radius 1 is 1.16 bits per heavy atom. The zero-order chi connectivity index (χ0) is 13.7. The molecular formula is C14H13NO3S. The smallest absolute Gasteiger partial charge is 0.348 e. The van der Waals surface area contributed by atoms with Gasteiger partial charge in [-0.3, -0.25) is 4.79 Å². The molecule has 5 heteroatoms. The van der Waals surface area contributed by atoms with Crippen molar-refractivity contribution in [2.75, 3.05) is 5.32 Å². The summed E-state index contributed by atoms with van der Waals surface area (Å²) < 4.78 is 0. The van der Waals surface area contributed by atoms with E-state index in [0.717, 1.165) is 16.9 Å². The summed E-state index contributed by atoms with van der Waals surface area (Å²) in [5, 5.41) is 13.2. The van der Waals surface area contributed by atoms with E-state index in [1.165, 1.54) is 0 Å². The van der Waals surface area contributed by atoms with Crippen molar-refractivity contribution in [2.24, 2.45) is 0 Å². The third-order valence-electron chi connectivity index (χ3n) is 2.62. The monoisotopic (exact) mass is 275 g/mol. The van der Waals surface area contributed by atoms with Crippen LogP contribution in [0.5, 0.6) is 0 Å². The van der Waals surface area contributed by atoms with Crippen LogP contribution in [-0.2, 0) is 11.2 Å². The van der Waals surface area contributed by atoms with Gasteiger partial charge in [0.2, 0.25) is 5.91 Å². The maximum atomic E-state index is 11.8. The highest BCUT2D eigenvalue weighted by atomic mass is 32.1. The molecule has 0 aliphatic rings. The van der Waals surface area contributed by atoms with E-state index in [2.05, 4.69) is 5.32 Å². The predicted molar refractivity (Wildman–Crippen MR) is 74.7 cm³/mol. The van der Waals surface area contributed by atoms with Crippen LogP contribution in [0.4, 0.5) is 5.69 Å². The van der Waals surface area contributed by atoms with Crippen LogP contribution in [0, 0.1) is 0 Å². The molecule has 1 heterocycles. The van der Waals surface area contributed by atoms with Crippen molar-refractivity contribution >= 4 is 28.9 Å². The number of aromatic carboxylic acids is 1. The fourth-order valence-corrected chi connectivity index (χ4v) is 2.38. The SMILES string of the molecule is O=C(CCc1ccccc1)Nc1ccsc1C(=O)O. The van der Waals surface area contributed by atoms with E-state index in [4.69, 9.17) is 5.11 Å². The molecule has 0 radical (unpaired) electrons. The Hall–Kier alpha value is -2.14. The Morgan fingerprint density at radius 2 is 1.89 bits per heavy atom. The lowest BCUT2D eigenvalue weighted by Gasteiger charge is -2.04. The predicted octanol–water partition coefficient (Wildman–Crippen LogP) is 3.02. The van der Waals surface area contributed by atoms with Gasteiger partial charge in [0, 0.05) is 6.42 Å². The zero-order valence-electron chi connectivity index (χ0n) is 10.1. The van der Waals surface area contributed by atoms with Crippen LogP contribution in [-0.4, -0.2) is 17.0 Å². The lowest BCUT2D eigenvalue weighted by atomic mass is 10.1. The standard InChI is InChI=1S/C14H13NO3S/c16-12(7-6-10-4-2-1-3-5-10)15-11-8-9-19-13(11)14(17)18/h1-5,8-9H,6-7H2,(H,15,16)(H,17,18). The molecule has 2 aromatic rings. The molecule has 1 aromatic carbocycles. The van der Waals surface area contributed by atoms with Crippen LogP contribution in [0.25, 0.3) is 0 Å². The van der Waals surface area contributed by atoms with Crippen LogP contribution in [0.2, 0.25) is 0 Å². The summed E-state index contributed by atoms with van der Waals surface area (Å²) in [5.74, 6) is -1.20. The number of benzene rings is 1. The summed E-state index contributed by atoms with van der Waals surface area (Å²) in [5.41, 5.74) is 1.46. The van der Waals surface area contributed by atoms with Gasteiger partial charge in [-0.15, -0.1) is 11.3 Å². The van der Waals surface area contributed by atoms with E-state index >= 15 is 0 Å². The second-order valence-electron chi connectivity index (χ2n) is 4.00. The maximum Gasteiger partial charge on any atom is 0.348 e. The molecule has 0 aliphatic carbocycles. The highest BCUT2D eigenvalue weighted by molar-refractivity contribution is 7.12. The summed E-state index contributed by atoms with van der Waals surface area (Å²) in [6, 6.07) is 11.3. The van der Waals surface area contributed by atoms with Gasteiger partial charge in [0.1, 0.15) is 4.88 Å². The van der Waals surface area contributed by atoms with Crippen molar-refractivity contribution in [3.63, 3.8) is 0 Å². The quantitative estimate of drug-likeness (QED) is 0.881. The van der Waals surface area contributed by atoms with Crippen molar-refractivity contribution in [2.45, 2.75) is 12.8 Å². The first-order chi connectivity index (χ1) is 9.16. The van der Waals surface area contributed by atoms with Crippen molar-refractivity contribution in [1.29, 1.82) is 0 Å². The fourth-order valence-electron chi connectivity index (χ4n) is 1.69. The number of nitrogens with one attached hydrogen (secondary N) is 1. The largest absolute Gasteiger partial charge is 0.477 e. The molecule has 4 nitrogen and oxygen atoms in total. The molecule has 0 bridgehead atoms.